The number of amides is 2. The number of sulfonamides is 1. The second-order valence-electron chi connectivity index (χ2n) is 8.39. The minimum atomic E-state index is -3.58. The monoisotopic (exact) mass is 575 g/mol. The standard InChI is InChI=1S/C25H32Cl3N3O4S/c1-4-14-29-25(33)23(5-2)30(17-18-8-9-20(27)16-22(18)28)24(32)7-6-15-31(36(3,34)35)21-12-10-19(26)11-13-21/h8-13,16,23H,4-7,14-15,17H2,1-3H3,(H,29,33)/t23-/m1/s1. The number of hydrogen-bond acceptors (Lipinski definition) is 4. The molecule has 2 aromatic rings. The van der Waals surface area contributed by atoms with Gasteiger partial charge in [0.05, 0.1) is 11.9 Å². The molecule has 0 saturated carbocycles. The lowest BCUT2D eigenvalue weighted by molar-refractivity contribution is -0.141. The second kappa shape index (κ2) is 14.1. The maximum atomic E-state index is 13.4. The van der Waals surface area contributed by atoms with Crippen molar-refractivity contribution >= 4 is 62.3 Å². The third-order valence-electron chi connectivity index (χ3n) is 5.56. The van der Waals surface area contributed by atoms with Crippen molar-refractivity contribution in [3.63, 3.8) is 0 Å². The first-order chi connectivity index (χ1) is 17.0. The topological polar surface area (TPSA) is 86.8 Å². The average Bonchev–Trinajstić information content (AvgIpc) is 2.81. The van der Waals surface area contributed by atoms with Gasteiger partial charge in [0, 0.05) is 41.1 Å². The van der Waals surface area contributed by atoms with E-state index < -0.39 is 16.1 Å². The zero-order chi connectivity index (χ0) is 26.9. The highest BCUT2D eigenvalue weighted by atomic mass is 35.5. The first-order valence-electron chi connectivity index (χ1n) is 11.7. The van der Waals surface area contributed by atoms with Crippen molar-refractivity contribution in [2.75, 3.05) is 23.7 Å². The van der Waals surface area contributed by atoms with Gasteiger partial charge >= 0.3 is 0 Å². The van der Waals surface area contributed by atoms with Gasteiger partial charge in [0.15, 0.2) is 0 Å². The summed E-state index contributed by atoms with van der Waals surface area (Å²) in [5.74, 6) is -0.513. The van der Waals surface area contributed by atoms with Crippen molar-refractivity contribution in [1.29, 1.82) is 0 Å². The SMILES string of the molecule is CCCNC(=O)[C@@H](CC)N(Cc1ccc(Cl)cc1Cl)C(=O)CCCN(c1ccc(Cl)cc1)S(C)(=O)=O. The van der Waals surface area contributed by atoms with Crippen LogP contribution in [0.2, 0.25) is 15.1 Å². The van der Waals surface area contributed by atoms with Crippen LogP contribution in [0, 0.1) is 0 Å². The largest absolute Gasteiger partial charge is 0.354 e. The van der Waals surface area contributed by atoms with E-state index in [9.17, 15) is 18.0 Å². The molecule has 11 heteroatoms. The van der Waals surface area contributed by atoms with Crippen molar-refractivity contribution in [2.45, 2.75) is 52.1 Å². The average molecular weight is 577 g/mol. The summed E-state index contributed by atoms with van der Waals surface area (Å²) in [6.45, 7) is 4.52. The van der Waals surface area contributed by atoms with Gasteiger partial charge < -0.3 is 10.2 Å². The lowest BCUT2D eigenvalue weighted by Gasteiger charge is -2.31. The molecule has 2 amide bonds. The number of rotatable bonds is 13. The van der Waals surface area contributed by atoms with E-state index in [-0.39, 0.29) is 37.7 Å². The summed E-state index contributed by atoms with van der Waals surface area (Å²) < 4.78 is 26.0. The van der Waals surface area contributed by atoms with Gasteiger partial charge in [-0.05, 0) is 61.2 Å². The fraction of sp³-hybridized carbons (Fsp3) is 0.440. The Kier molecular flexibility index (Phi) is 11.8. The first-order valence-corrected chi connectivity index (χ1v) is 14.7. The van der Waals surface area contributed by atoms with Gasteiger partial charge in [-0.1, -0.05) is 54.7 Å². The Balaban J connectivity index is 2.23. The number of benzene rings is 2. The maximum absolute atomic E-state index is 13.4. The lowest BCUT2D eigenvalue weighted by atomic mass is 10.1. The smallest absolute Gasteiger partial charge is 0.242 e. The van der Waals surface area contributed by atoms with Crippen LogP contribution >= 0.6 is 34.8 Å². The second-order valence-corrected chi connectivity index (χ2v) is 11.6. The molecular formula is C25H32Cl3N3O4S. The van der Waals surface area contributed by atoms with E-state index in [0.717, 1.165) is 12.7 Å². The van der Waals surface area contributed by atoms with Crippen LogP contribution in [0.4, 0.5) is 5.69 Å². The van der Waals surface area contributed by atoms with Gasteiger partial charge in [0.2, 0.25) is 21.8 Å². The van der Waals surface area contributed by atoms with E-state index in [1.54, 1.807) is 42.5 Å². The molecule has 198 valence electrons. The minimum absolute atomic E-state index is 0.0440. The molecule has 2 aromatic carbocycles. The van der Waals surface area contributed by atoms with Crippen molar-refractivity contribution < 1.29 is 18.0 Å². The molecule has 0 bridgehead atoms. The van der Waals surface area contributed by atoms with E-state index in [2.05, 4.69) is 5.32 Å². The third-order valence-corrected chi connectivity index (χ3v) is 7.59. The van der Waals surface area contributed by atoms with Crippen LogP contribution in [0.1, 0.15) is 45.1 Å². The summed E-state index contributed by atoms with van der Waals surface area (Å²) in [6.07, 6.45) is 2.59. The first kappa shape index (κ1) is 30.2. The van der Waals surface area contributed by atoms with Gasteiger partial charge in [-0.2, -0.15) is 0 Å². The molecule has 0 saturated heterocycles. The Bertz CT molecular complexity index is 1140. The van der Waals surface area contributed by atoms with Gasteiger partial charge in [-0.15, -0.1) is 0 Å². The normalized spacial score (nSPS) is 12.2. The fourth-order valence-corrected chi connectivity index (χ4v) is 5.29. The van der Waals surface area contributed by atoms with Crippen LogP contribution in [0.5, 0.6) is 0 Å². The number of carbonyl (C=O) groups excluding carboxylic acids is 2. The predicted molar refractivity (Wildman–Crippen MR) is 147 cm³/mol. The van der Waals surface area contributed by atoms with Gasteiger partial charge in [-0.3, -0.25) is 13.9 Å². The van der Waals surface area contributed by atoms with E-state index in [4.69, 9.17) is 34.8 Å². The Morgan fingerprint density at radius 1 is 1.00 bits per heavy atom. The van der Waals surface area contributed by atoms with Crippen molar-refractivity contribution in [3.05, 3.63) is 63.1 Å². The predicted octanol–water partition coefficient (Wildman–Crippen LogP) is 5.53. The number of hydrogen-bond donors (Lipinski definition) is 1. The highest BCUT2D eigenvalue weighted by molar-refractivity contribution is 7.92. The van der Waals surface area contributed by atoms with Crippen molar-refractivity contribution in [3.8, 4) is 0 Å². The molecule has 0 aliphatic heterocycles. The van der Waals surface area contributed by atoms with Gasteiger partial charge in [0.1, 0.15) is 6.04 Å². The van der Waals surface area contributed by atoms with Gasteiger partial charge in [0.25, 0.3) is 0 Å². The molecule has 0 aliphatic carbocycles. The zero-order valence-electron chi connectivity index (χ0n) is 20.6. The molecule has 7 nitrogen and oxygen atoms in total. The van der Waals surface area contributed by atoms with Crippen LogP contribution in [0.25, 0.3) is 0 Å². The number of halogens is 3. The quantitative estimate of drug-likeness (QED) is 0.340. The Hall–Kier alpha value is -2.00. The molecule has 0 aromatic heterocycles. The summed E-state index contributed by atoms with van der Waals surface area (Å²) in [5.41, 5.74) is 1.12. The molecule has 0 unspecified atom stereocenters. The molecule has 0 heterocycles. The molecule has 1 atom stereocenters. The number of nitrogens with zero attached hydrogens (tertiary/aromatic N) is 2. The Labute approximate surface area is 228 Å². The molecular weight excluding hydrogens is 545 g/mol. The Morgan fingerprint density at radius 2 is 1.64 bits per heavy atom. The molecule has 1 N–H and O–H groups in total. The molecule has 0 fully saturated rings. The van der Waals surface area contributed by atoms with Crippen LogP contribution in [-0.4, -0.2) is 50.5 Å². The summed E-state index contributed by atoms with van der Waals surface area (Å²) in [4.78, 5) is 27.8. The summed E-state index contributed by atoms with van der Waals surface area (Å²) in [7, 11) is -3.58. The summed E-state index contributed by atoms with van der Waals surface area (Å²) in [6, 6.07) is 10.8. The molecule has 0 aliphatic rings. The minimum Gasteiger partial charge on any atom is -0.354 e. The molecule has 0 spiro atoms. The molecule has 2 rings (SSSR count). The van der Waals surface area contributed by atoms with Crippen LogP contribution in [-0.2, 0) is 26.2 Å². The van der Waals surface area contributed by atoms with E-state index in [1.165, 1.54) is 9.21 Å². The Morgan fingerprint density at radius 3 is 2.19 bits per heavy atom. The number of nitrogens with one attached hydrogen (secondary N) is 1. The molecule has 0 radical (unpaired) electrons. The van der Waals surface area contributed by atoms with E-state index in [1.807, 2.05) is 13.8 Å². The summed E-state index contributed by atoms with van der Waals surface area (Å²) >= 11 is 18.3. The molecule has 36 heavy (non-hydrogen) atoms. The van der Waals surface area contributed by atoms with Gasteiger partial charge in [-0.25, -0.2) is 8.42 Å². The lowest BCUT2D eigenvalue weighted by Crippen LogP contribution is -2.49. The van der Waals surface area contributed by atoms with Crippen LogP contribution < -0.4 is 9.62 Å². The van der Waals surface area contributed by atoms with Crippen molar-refractivity contribution in [1.82, 2.24) is 10.2 Å². The maximum Gasteiger partial charge on any atom is 0.242 e. The highest BCUT2D eigenvalue weighted by Gasteiger charge is 2.29. The van der Waals surface area contributed by atoms with Crippen LogP contribution in [0.15, 0.2) is 42.5 Å². The fourth-order valence-electron chi connectivity index (χ4n) is 3.73. The highest BCUT2D eigenvalue weighted by Crippen LogP contribution is 2.25. The number of anilines is 1. The third kappa shape index (κ3) is 8.83. The summed E-state index contributed by atoms with van der Waals surface area (Å²) in [5, 5.41) is 4.22. The van der Waals surface area contributed by atoms with E-state index in [0.29, 0.717) is 39.3 Å². The number of carbonyl (C=O) groups is 2. The van der Waals surface area contributed by atoms with Crippen LogP contribution in [0.3, 0.4) is 0 Å². The van der Waals surface area contributed by atoms with Crippen molar-refractivity contribution in [2.24, 2.45) is 0 Å². The van der Waals surface area contributed by atoms with E-state index >= 15 is 0 Å². The zero-order valence-corrected chi connectivity index (χ0v) is 23.7.